The number of ether oxygens (including phenoxy) is 3. The zero-order valence-corrected chi connectivity index (χ0v) is 16.5. The highest BCUT2D eigenvalue weighted by molar-refractivity contribution is 7.98. The fourth-order valence-electron chi connectivity index (χ4n) is 2.62. The molecule has 0 bridgehead atoms. The fraction of sp³-hybridized carbons (Fsp3) is 0.500. The number of carbonyl (C=O) groups excluding carboxylic acids is 3. The van der Waals surface area contributed by atoms with Crippen LogP contribution in [0, 0.1) is 0 Å². The smallest absolute Gasteiger partial charge is 0.409 e. The molecule has 0 N–H and O–H groups in total. The number of benzene rings is 1. The maximum absolute atomic E-state index is 12.3. The average Bonchev–Trinajstić information content (AvgIpc) is 2.71. The zero-order chi connectivity index (χ0) is 19.8. The van der Waals surface area contributed by atoms with E-state index < -0.39 is 5.97 Å². The van der Waals surface area contributed by atoms with Gasteiger partial charge in [0.05, 0.1) is 13.7 Å². The monoisotopic (exact) mass is 396 g/mol. The number of hydrogen-bond donors (Lipinski definition) is 0. The normalized spacial score (nSPS) is 13.9. The number of nitrogens with zero attached hydrogens (tertiary/aromatic N) is 2. The van der Waals surface area contributed by atoms with Crippen molar-refractivity contribution < 1.29 is 28.6 Å². The van der Waals surface area contributed by atoms with Crippen molar-refractivity contribution in [1.82, 2.24) is 9.80 Å². The van der Waals surface area contributed by atoms with Crippen LogP contribution in [0.1, 0.15) is 17.3 Å². The molecule has 1 aliphatic rings. The maximum atomic E-state index is 12.3. The predicted molar refractivity (Wildman–Crippen MR) is 100 cm³/mol. The van der Waals surface area contributed by atoms with Gasteiger partial charge in [-0.1, -0.05) is 0 Å². The van der Waals surface area contributed by atoms with E-state index in [-0.39, 0.29) is 24.2 Å². The van der Waals surface area contributed by atoms with Gasteiger partial charge in [0.25, 0.3) is 5.91 Å². The molecule has 0 saturated carbocycles. The molecular formula is C18H24N2O6S. The van der Waals surface area contributed by atoms with Gasteiger partial charge in [-0.15, -0.1) is 11.8 Å². The van der Waals surface area contributed by atoms with Gasteiger partial charge in [0, 0.05) is 31.1 Å². The molecule has 1 saturated heterocycles. The Balaban J connectivity index is 1.85. The van der Waals surface area contributed by atoms with Gasteiger partial charge >= 0.3 is 12.1 Å². The van der Waals surface area contributed by atoms with E-state index in [1.165, 1.54) is 18.9 Å². The van der Waals surface area contributed by atoms with Crippen LogP contribution in [0.25, 0.3) is 0 Å². The first-order valence-corrected chi connectivity index (χ1v) is 9.81. The van der Waals surface area contributed by atoms with Gasteiger partial charge in [0.1, 0.15) is 11.3 Å². The van der Waals surface area contributed by atoms with Crippen molar-refractivity contribution in [2.45, 2.75) is 11.8 Å². The third-order valence-electron chi connectivity index (χ3n) is 4.11. The molecule has 1 fully saturated rings. The summed E-state index contributed by atoms with van der Waals surface area (Å²) in [6.45, 7) is 3.24. The molecule has 8 nitrogen and oxygen atoms in total. The Morgan fingerprint density at radius 1 is 1.07 bits per heavy atom. The van der Waals surface area contributed by atoms with Crippen LogP contribution in [0.5, 0.6) is 5.75 Å². The number of hydrogen-bond acceptors (Lipinski definition) is 7. The molecule has 1 aliphatic heterocycles. The number of piperazine rings is 1. The van der Waals surface area contributed by atoms with Gasteiger partial charge in [0.2, 0.25) is 0 Å². The van der Waals surface area contributed by atoms with Gasteiger partial charge in [-0.25, -0.2) is 9.59 Å². The van der Waals surface area contributed by atoms with Crippen molar-refractivity contribution in [2.24, 2.45) is 0 Å². The van der Waals surface area contributed by atoms with E-state index >= 15 is 0 Å². The van der Waals surface area contributed by atoms with Crippen LogP contribution >= 0.6 is 11.8 Å². The van der Waals surface area contributed by atoms with Crippen LogP contribution in [0.4, 0.5) is 4.79 Å². The lowest BCUT2D eigenvalue weighted by molar-refractivity contribution is -0.136. The minimum absolute atomic E-state index is 0.273. The summed E-state index contributed by atoms with van der Waals surface area (Å²) in [5.41, 5.74) is 0.273. The first-order valence-electron chi connectivity index (χ1n) is 8.58. The Morgan fingerprint density at radius 3 is 2.33 bits per heavy atom. The summed E-state index contributed by atoms with van der Waals surface area (Å²) in [7, 11) is 1.48. The van der Waals surface area contributed by atoms with Gasteiger partial charge < -0.3 is 24.0 Å². The second-order valence-electron chi connectivity index (χ2n) is 5.71. The lowest BCUT2D eigenvalue weighted by atomic mass is 10.2. The molecule has 0 radical (unpaired) electrons. The highest BCUT2D eigenvalue weighted by atomic mass is 32.2. The van der Waals surface area contributed by atoms with Crippen molar-refractivity contribution in [1.29, 1.82) is 0 Å². The lowest BCUT2D eigenvalue weighted by Gasteiger charge is -2.33. The second-order valence-corrected chi connectivity index (χ2v) is 6.59. The summed E-state index contributed by atoms with van der Waals surface area (Å²) < 4.78 is 15.3. The Bertz CT molecular complexity index is 688. The van der Waals surface area contributed by atoms with E-state index in [9.17, 15) is 14.4 Å². The quantitative estimate of drug-likeness (QED) is 0.536. The predicted octanol–water partition coefficient (Wildman–Crippen LogP) is 1.87. The maximum Gasteiger partial charge on any atom is 0.409 e. The van der Waals surface area contributed by atoms with Crippen LogP contribution in [0.2, 0.25) is 0 Å². The lowest BCUT2D eigenvalue weighted by Crippen LogP contribution is -2.51. The van der Waals surface area contributed by atoms with E-state index in [1.54, 1.807) is 34.9 Å². The SMILES string of the molecule is CCOC(=O)N1CCN(C(=O)COC(=O)c2ccc(SC)cc2OC)CC1. The summed E-state index contributed by atoms with van der Waals surface area (Å²) in [5, 5.41) is 0. The first-order chi connectivity index (χ1) is 13.0. The average molecular weight is 396 g/mol. The molecule has 0 spiro atoms. The zero-order valence-electron chi connectivity index (χ0n) is 15.7. The summed E-state index contributed by atoms with van der Waals surface area (Å²) in [5.74, 6) is -0.507. The highest BCUT2D eigenvalue weighted by Crippen LogP contribution is 2.25. The van der Waals surface area contributed by atoms with Crippen LogP contribution in [-0.2, 0) is 14.3 Å². The standard InChI is InChI=1S/C18H24N2O6S/c1-4-25-18(23)20-9-7-19(8-10-20)16(21)12-26-17(22)14-6-5-13(27-3)11-15(14)24-2/h5-6,11H,4,7-10,12H2,1-3H3. The van der Waals surface area contributed by atoms with Gasteiger partial charge in [-0.2, -0.15) is 0 Å². The summed E-state index contributed by atoms with van der Waals surface area (Å²) in [6.07, 6.45) is 1.55. The molecule has 27 heavy (non-hydrogen) atoms. The Labute approximate surface area is 162 Å². The Kier molecular flexibility index (Phi) is 7.78. The minimum Gasteiger partial charge on any atom is -0.496 e. The number of methoxy groups -OCH3 is 1. The summed E-state index contributed by atoms with van der Waals surface area (Å²) in [6, 6.07) is 5.16. The van der Waals surface area contributed by atoms with Crippen LogP contribution in [-0.4, -0.2) is 80.5 Å². The van der Waals surface area contributed by atoms with Crippen molar-refractivity contribution in [3.63, 3.8) is 0 Å². The topological polar surface area (TPSA) is 85.4 Å². The molecule has 0 aliphatic carbocycles. The van der Waals surface area contributed by atoms with E-state index in [1.807, 2.05) is 6.26 Å². The number of rotatable bonds is 6. The summed E-state index contributed by atoms with van der Waals surface area (Å²) in [4.78, 5) is 40.3. The third kappa shape index (κ3) is 5.53. The molecule has 2 amide bonds. The van der Waals surface area contributed by atoms with Gasteiger partial charge in [-0.3, -0.25) is 4.79 Å². The largest absolute Gasteiger partial charge is 0.496 e. The van der Waals surface area contributed by atoms with Crippen LogP contribution in [0.3, 0.4) is 0 Å². The second kappa shape index (κ2) is 10.1. The molecule has 2 rings (SSSR count). The fourth-order valence-corrected chi connectivity index (χ4v) is 3.05. The third-order valence-corrected chi connectivity index (χ3v) is 4.84. The van der Waals surface area contributed by atoms with E-state index in [0.717, 1.165) is 4.90 Å². The molecular weight excluding hydrogens is 372 g/mol. The summed E-state index contributed by atoms with van der Waals surface area (Å²) >= 11 is 1.53. The molecule has 0 aromatic heterocycles. The van der Waals surface area contributed by atoms with Gasteiger partial charge in [0.15, 0.2) is 6.61 Å². The van der Waals surface area contributed by atoms with Crippen molar-refractivity contribution >= 4 is 29.7 Å². The van der Waals surface area contributed by atoms with Crippen molar-refractivity contribution in [2.75, 3.05) is 52.8 Å². The van der Waals surface area contributed by atoms with Gasteiger partial charge in [-0.05, 0) is 31.4 Å². The van der Waals surface area contributed by atoms with Crippen LogP contribution < -0.4 is 4.74 Å². The molecule has 1 aromatic rings. The highest BCUT2D eigenvalue weighted by Gasteiger charge is 2.25. The molecule has 1 aromatic carbocycles. The van der Waals surface area contributed by atoms with Crippen LogP contribution in [0.15, 0.2) is 23.1 Å². The number of carbonyl (C=O) groups is 3. The van der Waals surface area contributed by atoms with Crippen molar-refractivity contribution in [3.05, 3.63) is 23.8 Å². The molecule has 148 valence electrons. The Morgan fingerprint density at radius 2 is 1.74 bits per heavy atom. The molecule has 0 unspecified atom stereocenters. The number of esters is 1. The van der Waals surface area contributed by atoms with E-state index in [2.05, 4.69) is 0 Å². The van der Waals surface area contributed by atoms with Crippen molar-refractivity contribution in [3.8, 4) is 5.75 Å². The number of thioether (sulfide) groups is 1. The molecule has 0 atom stereocenters. The Hall–Kier alpha value is -2.42. The van der Waals surface area contributed by atoms with E-state index in [4.69, 9.17) is 14.2 Å². The first kappa shape index (κ1) is 20.9. The molecule has 9 heteroatoms. The number of amides is 2. The minimum atomic E-state index is -0.613. The molecule has 1 heterocycles. The van der Waals surface area contributed by atoms with E-state index in [0.29, 0.717) is 38.5 Å².